The molecule has 3 unspecified atom stereocenters. The van der Waals surface area contributed by atoms with Gasteiger partial charge in [0, 0.05) is 13.1 Å². The first-order valence-corrected chi connectivity index (χ1v) is 8.69. The Morgan fingerprint density at radius 3 is 2.65 bits per heavy atom. The Morgan fingerprint density at radius 1 is 1.25 bits per heavy atom. The van der Waals surface area contributed by atoms with Crippen molar-refractivity contribution >= 4 is 0 Å². The molecule has 118 valence electrons. The molecule has 2 fully saturated rings. The van der Waals surface area contributed by atoms with Gasteiger partial charge in [0.2, 0.25) is 0 Å². The van der Waals surface area contributed by atoms with Crippen LogP contribution >= 0.6 is 0 Å². The Labute approximate surface area is 124 Å². The summed E-state index contributed by atoms with van der Waals surface area (Å²) < 4.78 is 5.98. The van der Waals surface area contributed by atoms with Gasteiger partial charge in [0.05, 0.1) is 18.8 Å². The minimum absolute atomic E-state index is 0.359. The fraction of sp³-hybridized carbons (Fsp3) is 1.00. The van der Waals surface area contributed by atoms with E-state index in [2.05, 4.69) is 19.2 Å². The van der Waals surface area contributed by atoms with Crippen molar-refractivity contribution in [2.75, 3.05) is 19.7 Å². The van der Waals surface area contributed by atoms with E-state index in [1.165, 1.54) is 51.4 Å². The molecule has 0 amide bonds. The predicted octanol–water partition coefficient (Wildman–Crippen LogP) is 3.11. The maximum absolute atomic E-state index is 10.0. The Hall–Kier alpha value is -0.120. The van der Waals surface area contributed by atoms with E-state index in [0.717, 1.165) is 6.54 Å². The lowest BCUT2D eigenvalue weighted by atomic mass is 9.85. The van der Waals surface area contributed by atoms with Crippen LogP contribution < -0.4 is 5.32 Å². The highest BCUT2D eigenvalue weighted by atomic mass is 16.5. The minimum Gasteiger partial charge on any atom is -0.389 e. The summed E-state index contributed by atoms with van der Waals surface area (Å²) in [6.07, 6.45) is 10.3. The fourth-order valence-corrected chi connectivity index (χ4v) is 3.49. The molecule has 3 heteroatoms. The molecule has 0 bridgehead atoms. The van der Waals surface area contributed by atoms with E-state index in [1.54, 1.807) is 0 Å². The topological polar surface area (TPSA) is 41.5 Å². The normalized spacial score (nSPS) is 30.1. The molecule has 2 N–H and O–H groups in total. The third-order valence-electron chi connectivity index (χ3n) is 5.45. The highest BCUT2D eigenvalue weighted by Gasteiger charge is 2.39. The summed E-state index contributed by atoms with van der Waals surface area (Å²) in [4.78, 5) is 0. The smallest absolute Gasteiger partial charge is 0.0897 e. The molecule has 3 atom stereocenters. The number of nitrogens with one attached hydrogen (secondary N) is 1. The van der Waals surface area contributed by atoms with Gasteiger partial charge in [-0.2, -0.15) is 0 Å². The molecule has 2 rings (SSSR count). The largest absolute Gasteiger partial charge is 0.389 e. The first-order valence-electron chi connectivity index (χ1n) is 8.69. The average molecular weight is 283 g/mol. The maximum Gasteiger partial charge on any atom is 0.0897 e. The van der Waals surface area contributed by atoms with Crippen LogP contribution in [0.15, 0.2) is 0 Å². The number of hydrogen-bond donors (Lipinski definition) is 2. The molecule has 0 heterocycles. The van der Waals surface area contributed by atoms with E-state index < -0.39 is 0 Å². The molecule has 0 aromatic heterocycles. The van der Waals surface area contributed by atoms with Crippen molar-refractivity contribution in [1.82, 2.24) is 5.32 Å². The summed E-state index contributed by atoms with van der Waals surface area (Å²) in [5.74, 6) is 0.707. The molecule has 2 saturated carbocycles. The number of aliphatic hydroxyl groups excluding tert-OH is 1. The van der Waals surface area contributed by atoms with Gasteiger partial charge in [-0.25, -0.2) is 0 Å². The third kappa shape index (κ3) is 4.71. The number of hydrogen-bond acceptors (Lipinski definition) is 3. The Bertz CT molecular complexity index is 278. The zero-order valence-electron chi connectivity index (χ0n) is 13.4. The van der Waals surface area contributed by atoms with Crippen LogP contribution in [0.1, 0.15) is 65.2 Å². The van der Waals surface area contributed by atoms with Gasteiger partial charge in [0.15, 0.2) is 0 Å². The van der Waals surface area contributed by atoms with Crippen LogP contribution in [0.5, 0.6) is 0 Å². The lowest BCUT2D eigenvalue weighted by molar-refractivity contribution is -0.0500. The van der Waals surface area contributed by atoms with Gasteiger partial charge in [-0.3, -0.25) is 0 Å². The van der Waals surface area contributed by atoms with E-state index in [9.17, 15) is 5.11 Å². The van der Waals surface area contributed by atoms with Gasteiger partial charge in [0.1, 0.15) is 0 Å². The lowest BCUT2D eigenvalue weighted by Crippen LogP contribution is -2.36. The fourth-order valence-electron chi connectivity index (χ4n) is 3.49. The van der Waals surface area contributed by atoms with Crippen molar-refractivity contribution in [2.24, 2.45) is 11.3 Å². The Kier molecular flexibility index (Phi) is 6.31. The zero-order chi connectivity index (χ0) is 14.4. The molecule has 2 aliphatic carbocycles. The third-order valence-corrected chi connectivity index (χ3v) is 5.45. The Balaban J connectivity index is 1.58. The average Bonchev–Trinajstić information content (AvgIpc) is 3.26. The molecule has 2 aliphatic rings. The van der Waals surface area contributed by atoms with Crippen molar-refractivity contribution in [2.45, 2.75) is 77.4 Å². The SMILES string of the molecule is CCC1CCCCC1OCC(O)CNCC1(CC)CC1. The second kappa shape index (κ2) is 7.77. The molecule has 0 aliphatic heterocycles. The van der Waals surface area contributed by atoms with Gasteiger partial charge in [-0.05, 0) is 43.4 Å². The maximum atomic E-state index is 10.0. The van der Waals surface area contributed by atoms with Gasteiger partial charge in [0.25, 0.3) is 0 Å². The molecule has 3 nitrogen and oxygen atoms in total. The van der Waals surface area contributed by atoms with Crippen molar-refractivity contribution in [1.29, 1.82) is 0 Å². The molecule has 0 radical (unpaired) electrons. The highest BCUT2D eigenvalue weighted by molar-refractivity contribution is 4.93. The van der Waals surface area contributed by atoms with Crippen LogP contribution in [0.4, 0.5) is 0 Å². The molecule has 20 heavy (non-hydrogen) atoms. The first-order chi connectivity index (χ1) is 9.69. The number of ether oxygens (including phenoxy) is 1. The van der Waals surface area contributed by atoms with Gasteiger partial charge < -0.3 is 15.2 Å². The quantitative estimate of drug-likeness (QED) is 0.683. The predicted molar refractivity (Wildman–Crippen MR) is 82.8 cm³/mol. The van der Waals surface area contributed by atoms with Crippen molar-refractivity contribution in [3.05, 3.63) is 0 Å². The number of aliphatic hydroxyl groups is 1. The molecular formula is C17H33NO2. The van der Waals surface area contributed by atoms with Crippen LogP contribution in [0.25, 0.3) is 0 Å². The highest BCUT2D eigenvalue weighted by Crippen LogP contribution is 2.47. The summed E-state index contributed by atoms with van der Waals surface area (Å²) in [6, 6.07) is 0. The second-order valence-corrected chi connectivity index (χ2v) is 6.96. The van der Waals surface area contributed by atoms with E-state index in [-0.39, 0.29) is 6.10 Å². The Morgan fingerprint density at radius 2 is 2.00 bits per heavy atom. The number of rotatable bonds is 9. The minimum atomic E-state index is -0.359. The standard InChI is InChI=1S/C17H33NO2/c1-3-14-7-5-6-8-16(14)20-12-15(19)11-18-13-17(4-2)9-10-17/h14-16,18-19H,3-13H2,1-2H3. The van der Waals surface area contributed by atoms with E-state index in [0.29, 0.717) is 30.6 Å². The molecule has 0 aromatic rings. The summed E-state index contributed by atoms with van der Waals surface area (Å²) >= 11 is 0. The molecular weight excluding hydrogens is 250 g/mol. The van der Waals surface area contributed by atoms with E-state index >= 15 is 0 Å². The first kappa shape index (κ1) is 16.3. The van der Waals surface area contributed by atoms with Crippen molar-refractivity contribution < 1.29 is 9.84 Å². The summed E-state index contributed by atoms with van der Waals surface area (Å²) in [5, 5.41) is 13.5. The van der Waals surface area contributed by atoms with Crippen molar-refractivity contribution in [3.63, 3.8) is 0 Å². The zero-order valence-corrected chi connectivity index (χ0v) is 13.4. The van der Waals surface area contributed by atoms with Gasteiger partial charge >= 0.3 is 0 Å². The van der Waals surface area contributed by atoms with E-state index in [1.807, 2.05) is 0 Å². The summed E-state index contributed by atoms with van der Waals surface area (Å²) in [6.45, 7) is 6.74. The summed E-state index contributed by atoms with van der Waals surface area (Å²) in [5.41, 5.74) is 0.553. The van der Waals surface area contributed by atoms with Crippen LogP contribution in [0.2, 0.25) is 0 Å². The van der Waals surface area contributed by atoms with Crippen LogP contribution in [-0.4, -0.2) is 37.0 Å². The van der Waals surface area contributed by atoms with Crippen LogP contribution in [0.3, 0.4) is 0 Å². The van der Waals surface area contributed by atoms with E-state index in [4.69, 9.17) is 4.74 Å². The molecule has 0 aromatic carbocycles. The van der Waals surface area contributed by atoms with Gasteiger partial charge in [-0.15, -0.1) is 0 Å². The summed E-state index contributed by atoms with van der Waals surface area (Å²) in [7, 11) is 0. The lowest BCUT2D eigenvalue weighted by Gasteiger charge is -2.31. The molecule has 0 spiro atoms. The van der Waals surface area contributed by atoms with Crippen LogP contribution in [-0.2, 0) is 4.74 Å². The van der Waals surface area contributed by atoms with Crippen molar-refractivity contribution in [3.8, 4) is 0 Å². The monoisotopic (exact) mass is 283 g/mol. The van der Waals surface area contributed by atoms with Gasteiger partial charge in [-0.1, -0.05) is 33.1 Å². The van der Waals surface area contributed by atoms with Crippen LogP contribution in [0, 0.1) is 11.3 Å². The molecule has 0 saturated heterocycles. The second-order valence-electron chi connectivity index (χ2n) is 6.96.